The zero-order valence-corrected chi connectivity index (χ0v) is 9.92. The molecule has 1 rings (SSSR count). The molecule has 1 saturated heterocycles. The first-order valence-corrected chi connectivity index (χ1v) is 6.69. The zero-order chi connectivity index (χ0) is 12.0. The molecule has 7 nitrogen and oxygen atoms in total. The second kappa shape index (κ2) is 5.98. The van der Waals surface area contributed by atoms with Gasteiger partial charge in [0, 0.05) is 6.54 Å². The van der Waals surface area contributed by atoms with Crippen molar-refractivity contribution in [1.82, 2.24) is 10.4 Å². The van der Waals surface area contributed by atoms with Crippen molar-refractivity contribution in [2.24, 2.45) is 0 Å². The summed E-state index contributed by atoms with van der Waals surface area (Å²) in [5.41, 5.74) is 0. The molecular weight excluding hydrogens is 235 g/mol. The summed E-state index contributed by atoms with van der Waals surface area (Å²) in [5.74, 6) is -1.05. The van der Waals surface area contributed by atoms with Crippen LogP contribution >= 0.6 is 7.52 Å². The summed E-state index contributed by atoms with van der Waals surface area (Å²) < 4.78 is 21.2. The van der Waals surface area contributed by atoms with Gasteiger partial charge in [-0.05, 0) is 6.42 Å². The summed E-state index contributed by atoms with van der Waals surface area (Å²) in [7, 11) is -1.83. The number of carbonyl (C=O) groups excluding carboxylic acids is 2. The molecule has 0 radical (unpaired) electrons. The highest BCUT2D eigenvalue weighted by atomic mass is 31.2. The first kappa shape index (κ1) is 13.2. The molecule has 8 heteroatoms. The monoisotopic (exact) mass is 250 g/mol. The molecule has 2 N–H and O–H groups in total. The molecular formula is C8H15N2O5P. The summed E-state index contributed by atoms with van der Waals surface area (Å²) in [6, 6.07) is 0. The molecule has 16 heavy (non-hydrogen) atoms. The Kier molecular flexibility index (Phi) is 4.92. The second-order valence-corrected chi connectivity index (χ2v) is 5.52. The number of methoxy groups -OCH3 is 1. The van der Waals surface area contributed by atoms with Crippen LogP contribution < -0.4 is 10.4 Å². The highest BCUT2D eigenvalue weighted by molar-refractivity contribution is 7.57. The molecule has 1 amide bonds. The predicted octanol–water partition coefficient (Wildman–Crippen LogP) is -0.521. The van der Waals surface area contributed by atoms with E-state index in [0.29, 0.717) is 13.2 Å². The molecule has 1 heterocycles. The Bertz CT molecular complexity index is 310. The van der Waals surface area contributed by atoms with Gasteiger partial charge in [-0.2, -0.15) is 0 Å². The largest absolute Gasteiger partial charge is 0.468 e. The molecule has 1 fully saturated rings. The van der Waals surface area contributed by atoms with Gasteiger partial charge in [-0.15, -0.1) is 0 Å². The van der Waals surface area contributed by atoms with Crippen molar-refractivity contribution >= 4 is 19.4 Å². The van der Waals surface area contributed by atoms with E-state index in [0.717, 1.165) is 6.42 Å². The van der Waals surface area contributed by atoms with E-state index in [1.807, 2.05) is 0 Å². The molecule has 0 aromatic carbocycles. The van der Waals surface area contributed by atoms with Gasteiger partial charge >= 0.3 is 5.97 Å². The van der Waals surface area contributed by atoms with Crippen LogP contribution in [-0.2, 0) is 23.4 Å². The normalized spacial score (nSPS) is 24.8. The number of ether oxygens (including phenoxy) is 1. The van der Waals surface area contributed by atoms with Gasteiger partial charge in [0.25, 0.3) is 7.52 Å². The lowest BCUT2D eigenvalue weighted by atomic mass is 10.5. The fourth-order valence-corrected chi connectivity index (χ4v) is 2.88. The van der Waals surface area contributed by atoms with E-state index < -0.39 is 19.4 Å². The van der Waals surface area contributed by atoms with Gasteiger partial charge < -0.3 is 14.6 Å². The fraction of sp³-hybridized carbons (Fsp3) is 0.750. The van der Waals surface area contributed by atoms with Crippen LogP contribution in [0.3, 0.4) is 0 Å². The minimum Gasteiger partial charge on any atom is -0.468 e. The van der Waals surface area contributed by atoms with Crippen molar-refractivity contribution < 1.29 is 23.4 Å². The molecule has 1 aliphatic heterocycles. The third-order valence-corrected chi connectivity index (χ3v) is 3.99. The molecule has 0 spiro atoms. The van der Waals surface area contributed by atoms with Crippen LogP contribution in [0.1, 0.15) is 6.42 Å². The predicted molar refractivity (Wildman–Crippen MR) is 56.1 cm³/mol. The Labute approximate surface area is 93.4 Å². The average Bonchev–Trinajstić information content (AvgIpc) is 2.26. The molecule has 0 saturated carbocycles. The van der Waals surface area contributed by atoms with Gasteiger partial charge in [-0.25, -0.2) is 5.09 Å². The molecule has 0 aromatic heterocycles. The van der Waals surface area contributed by atoms with E-state index in [-0.39, 0.29) is 12.7 Å². The zero-order valence-electron chi connectivity index (χ0n) is 9.02. The van der Waals surface area contributed by atoms with Gasteiger partial charge in [-0.3, -0.25) is 14.2 Å². The summed E-state index contributed by atoms with van der Waals surface area (Å²) >= 11 is 0. The van der Waals surface area contributed by atoms with Crippen LogP contribution in [0.2, 0.25) is 0 Å². The highest BCUT2D eigenvalue weighted by Gasteiger charge is 2.29. The number of hydrogen-bond acceptors (Lipinski definition) is 5. The van der Waals surface area contributed by atoms with Crippen LogP contribution in [0.5, 0.6) is 0 Å². The first-order chi connectivity index (χ1) is 7.56. The maximum Gasteiger partial charge on any atom is 0.325 e. The molecule has 1 aliphatic rings. The highest BCUT2D eigenvalue weighted by Crippen LogP contribution is 2.43. The van der Waals surface area contributed by atoms with Gasteiger partial charge in [0.05, 0.1) is 13.7 Å². The van der Waals surface area contributed by atoms with E-state index in [1.165, 1.54) is 7.11 Å². The van der Waals surface area contributed by atoms with E-state index in [1.54, 1.807) is 0 Å². The SMILES string of the molecule is COC(=O)CNC(=O)CP1(=O)NCCCO1. The van der Waals surface area contributed by atoms with Crippen molar-refractivity contribution in [2.75, 3.05) is 33.0 Å². The third kappa shape index (κ3) is 4.30. The van der Waals surface area contributed by atoms with Crippen molar-refractivity contribution in [3.05, 3.63) is 0 Å². The Morgan fingerprint density at radius 2 is 2.31 bits per heavy atom. The minimum atomic E-state index is -3.05. The first-order valence-electron chi connectivity index (χ1n) is 4.88. The minimum absolute atomic E-state index is 0.227. The summed E-state index contributed by atoms with van der Waals surface area (Å²) in [6.07, 6.45) is 0.512. The van der Waals surface area contributed by atoms with E-state index in [2.05, 4.69) is 15.1 Å². The molecule has 0 bridgehead atoms. The number of amides is 1. The lowest BCUT2D eigenvalue weighted by Crippen LogP contribution is -2.35. The van der Waals surface area contributed by atoms with Crippen LogP contribution in [0, 0.1) is 0 Å². The Morgan fingerprint density at radius 1 is 1.56 bits per heavy atom. The van der Waals surface area contributed by atoms with Crippen LogP contribution in [0.15, 0.2) is 0 Å². The van der Waals surface area contributed by atoms with Crippen LogP contribution in [0.25, 0.3) is 0 Å². The summed E-state index contributed by atoms with van der Waals surface area (Å²) in [6.45, 7) is 0.728. The number of carbonyl (C=O) groups is 2. The molecule has 0 aliphatic carbocycles. The average molecular weight is 250 g/mol. The van der Waals surface area contributed by atoms with Crippen LogP contribution in [-0.4, -0.2) is 44.8 Å². The lowest BCUT2D eigenvalue weighted by Gasteiger charge is -2.23. The lowest BCUT2D eigenvalue weighted by molar-refractivity contribution is -0.140. The Morgan fingerprint density at radius 3 is 2.88 bits per heavy atom. The van der Waals surface area contributed by atoms with E-state index in [4.69, 9.17) is 4.52 Å². The quantitative estimate of drug-likeness (QED) is 0.515. The number of nitrogens with one attached hydrogen (secondary N) is 2. The van der Waals surface area contributed by atoms with E-state index >= 15 is 0 Å². The standard InChI is InChI=1S/C8H15N2O5P/c1-14-8(12)5-9-7(11)6-16(13)10-3-2-4-15-16/h2-6H2,1H3,(H,9,11)(H,10,13). The Hall–Kier alpha value is -0.910. The number of hydrogen-bond donors (Lipinski definition) is 2. The second-order valence-electron chi connectivity index (χ2n) is 3.28. The number of rotatable bonds is 4. The fourth-order valence-electron chi connectivity index (χ4n) is 1.17. The topological polar surface area (TPSA) is 93.7 Å². The smallest absolute Gasteiger partial charge is 0.325 e. The van der Waals surface area contributed by atoms with Gasteiger partial charge in [0.2, 0.25) is 5.91 Å². The number of esters is 1. The molecule has 1 atom stereocenters. The van der Waals surface area contributed by atoms with Crippen molar-refractivity contribution in [1.29, 1.82) is 0 Å². The van der Waals surface area contributed by atoms with Gasteiger partial charge in [-0.1, -0.05) is 0 Å². The maximum absolute atomic E-state index is 11.8. The van der Waals surface area contributed by atoms with E-state index in [9.17, 15) is 14.2 Å². The summed E-state index contributed by atoms with van der Waals surface area (Å²) in [4.78, 5) is 22.1. The van der Waals surface area contributed by atoms with Crippen molar-refractivity contribution in [3.63, 3.8) is 0 Å². The van der Waals surface area contributed by atoms with Gasteiger partial charge in [0.1, 0.15) is 12.7 Å². The van der Waals surface area contributed by atoms with Crippen molar-refractivity contribution in [2.45, 2.75) is 6.42 Å². The third-order valence-electron chi connectivity index (χ3n) is 1.98. The van der Waals surface area contributed by atoms with Gasteiger partial charge in [0.15, 0.2) is 0 Å². The summed E-state index contributed by atoms with van der Waals surface area (Å²) in [5, 5.41) is 4.98. The van der Waals surface area contributed by atoms with Crippen LogP contribution in [0.4, 0.5) is 0 Å². The Balaban J connectivity index is 2.33. The maximum atomic E-state index is 11.8. The van der Waals surface area contributed by atoms with Crippen molar-refractivity contribution in [3.8, 4) is 0 Å². The molecule has 92 valence electrons. The molecule has 1 unspecified atom stereocenters. The molecule has 0 aromatic rings.